The third kappa shape index (κ3) is 1.21. The Bertz CT molecular complexity index is 148. The summed E-state index contributed by atoms with van der Waals surface area (Å²) in [5, 5.41) is 17.5. The zero-order valence-corrected chi connectivity index (χ0v) is 5.82. The Morgan fingerprint density at radius 2 is 2.30 bits per heavy atom. The third-order valence-electron chi connectivity index (χ3n) is 1.80. The number of aliphatic hydroxyl groups excluding tert-OH is 1. The second-order valence-electron chi connectivity index (χ2n) is 2.67. The van der Waals surface area contributed by atoms with E-state index in [1.807, 2.05) is 0 Å². The summed E-state index contributed by atoms with van der Waals surface area (Å²) in [5.74, 6) is 0. The summed E-state index contributed by atoms with van der Waals surface area (Å²) in [6, 6.07) is -0.0347. The van der Waals surface area contributed by atoms with Crippen LogP contribution in [0, 0.1) is 0 Å². The number of aliphatic hydroxyl groups is 1. The largest absolute Gasteiger partial charge is 0.465 e. The molecule has 0 spiro atoms. The molecule has 1 heterocycles. The Morgan fingerprint density at radius 3 is 2.50 bits per heavy atom. The molecule has 2 atom stereocenters. The van der Waals surface area contributed by atoms with Crippen molar-refractivity contribution in [1.29, 1.82) is 0 Å². The van der Waals surface area contributed by atoms with E-state index >= 15 is 0 Å². The maximum Gasteiger partial charge on any atom is 0.407 e. The minimum absolute atomic E-state index is 0.0347. The zero-order valence-electron chi connectivity index (χ0n) is 5.82. The number of likely N-dealkylation sites (tertiary alicyclic amines) is 1. The molecule has 1 rings (SSSR count). The van der Waals surface area contributed by atoms with Gasteiger partial charge in [-0.25, -0.2) is 4.79 Å². The summed E-state index contributed by atoms with van der Waals surface area (Å²) in [6.45, 7) is 2.06. The van der Waals surface area contributed by atoms with E-state index in [0.717, 1.165) is 0 Å². The highest BCUT2D eigenvalue weighted by Crippen LogP contribution is 2.16. The van der Waals surface area contributed by atoms with Crippen molar-refractivity contribution < 1.29 is 15.0 Å². The number of carbonyl (C=O) groups is 1. The highest BCUT2D eigenvalue weighted by Gasteiger charge is 2.30. The first kappa shape index (κ1) is 7.34. The molecule has 0 aromatic rings. The molecule has 1 aliphatic rings. The van der Waals surface area contributed by atoms with Gasteiger partial charge in [-0.2, -0.15) is 0 Å². The van der Waals surface area contributed by atoms with Gasteiger partial charge >= 0.3 is 6.09 Å². The van der Waals surface area contributed by atoms with E-state index in [1.165, 1.54) is 4.90 Å². The molecule has 1 fully saturated rings. The van der Waals surface area contributed by atoms with Gasteiger partial charge in [-0.05, 0) is 13.3 Å². The molecule has 0 radical (unpaired) electrons. The maximum atomic E-state index is 10.4. The Labute approximate surface area is 59.1 Å². The molecule has 4 heteroatoms. The predicted molar refractivity (Wildman–Crippen MR) is 34.8 cm³/mol. The highest BCUT2D eigenvalue weighted by molar-refractivity contribution is 5.65. The van der Waals surface area contributed by atoms with Crippen LogP contribution in [0.25, 0.3) is 0 Å². The minimum atomic E-state index is -0.941. The number of rotatable bonds is 0. The molecular weight excluding hydrogens is 134 g/mol. The average Bonchev–Trinajstić information content (AvgIpc) is 2.10. The van der Waals surface area contributed by atoms with Gasteiger partial charge in [0.2, 0.25) is 0 Å². The number of hydrogen-bond donors (Lipinski definition) is 2. The van der Waals surface area contributed by atoms with Gasteiger partial charge in [0.25, 0.3) is 0 Å². The summed E-state index contributed by atoms with van der Waals surface area (Å²) in [5.41, 5.74) is 0. The van der Waals surface area contributed by atoms with Crippen molar-refractivity contribution in [3.63, 3.8) is 0 Å². The Hall–Kier alpha value is -0.770. The fraction of sp³-hybridized carbons (Fsp3) is 0.833. The molecule has 0 aromatic carbocycles. The normalized spacial score (nSPS) is 32.8. The Balaban J connectivity index is 2.54. The third-order valence-corrected chi connectivity index (χ3v) is 1.80. The van der Waals surface area contributed by atoms with Crippen molar-refractivity contribution in [2.75, 3.05) is 6.54 Å². The van der Waals surface area contributed by atoms with Crippen LogP contribution in [0.5, 0.6) is 0 Å². The van der Waals surface area contributed by atoms with E-state index in [1.54, 1.807) is 6.92 Å². The molecule has 1 aliphatic heterocycles. The lowest BCUT2D eigenvalue weighted by Gasteiger charge is -2.15. The Morgan fingerprint density at radius 1 is 1.70 bits per heavy atom. The molecule has 0 aliphatic carbocycles. The molecule has 1 unspecified atom stereocenters. The van der Waals surface area contributed by atoms with E-state index in [2.05, 4.69) is 0 Å². The van der Waals surface area contributed by atoms with Crippen LogP contribution in [0.1, 0.15) is 13.3 Å². The van der Waals surface area contributed by atoms with E-state index in [4.69, 9.17) is 10.2 Å². The first-order valence-electron chi connectivity index (χ1n) is 3.29. The molecule has 10 heavy (non-hydrogen) atoms. The van der Waals surface area contributed by atoms with Gasteiger partial charge < -0.3 is 15.1 Å². The second kappa shape index (κ2) is 2.46. The van der Waals surface area contributed by atoms with E-state index in [-0.39, 0.29) is 12.6 Å². The van der Waals surface area contributed by atoms with Crippen LogP contribution >= 0.6 is 0 Å². The zero-order chi connectivity index (χ0) is 7.72. The van der Waals surface area contributed by atoms with E-state index < -0.39 is 12.2 Å². The Kier molecular flexibility index (Phi) is 1.80. The fourth-order valence-corrected chi connectivity index (χ4v) is 1.27. The number of hydrogen-bond acceptors (Lipinski definition) is 2. The quantitative estimate of drug-likeness (QED) is 0.509. The average molecular weight is 145 g/mol. The molecule has 1 saturated heterocycles. The predicted octanol–water partition coefficient (Wildman–Crippen LogP) is 0.120. The monoisotopic (exact) mass is 145 g/mol. The smallest absolute Gasteiger partial charge is 0.407 e. The molecule has 2 N–H and O–H groups in total. The summed E-state index contributed by atoms with van der Waals surface area (Å²) in [7, 11) is 0. The number of nitrogens with zero attached hydrogens (tertiary/aromatic N) is 1. The summed E-state index contributed by atoms with van der Waals surface area (Å²) < 4.78 is 0. The van der Waals surface area contributed by atoms with Crippen LogP contribution in [0.15, 0.2) is 0 Å². The van der Waals surface area contributed by atoms with Gasteiger partial charge in [0, 0.05) is 6.04 Å². The summed E-state index contributed by atoms with van der Waals surface area (Å²) in [6.07, 6.45) is -0.845. The van der Waals surface area contributed by atoms with Gasteiger partial charge in [-0.3, -0.25) is 0 Å². The minimum Gasteiger partial charge on any atom is -0.465 e. The van der Waals surface area contributed by atoms with Gasteiger partial charge in [-0.1, -0.05) is 0 Å². The number of β-amino-alcohol motifs (C(OH)–C–C–N with tert-alkyl or cyclic N) is 1. The standard InChI is InChI=1S/C6H11NO3/c1-4-2-5(8)3-7(4)6(9)10/h4-5,8H,2-3H2,1H3,(H,9,10)/t4?,5-/m1/s1. The number of amides is 1. The van der Waals surface area contributed by atoms with Crippen molar-refractivity contribution in [2.24, 2.45) is 0 Å². The van der Waals surface area contributed by atoms with Crippen LogP contribution in [-0.4, -0.2) is 39.9 Å². The summed E-state index contributed by atoms with van der Waals surface area (Å²) >= 11 is 0. The van der Waals surface area contributed by atoms with Crippen LogP contribution < -0.4 is 0 Å². The van der Waals surface area contributed by atoms with Crippen molar-refractivity contribution in [1.82, 2.24) is 4.90 Å². The van der Waals surface area contributed by atoms with Crippen molar-refractivity contribution in [2.45, 2.75) is 25.5 Å². The van der Waals surface area contributed by atoms with Gasteiger partial charge in [0.15, 0.2) is 0 Å². The van der Waals surface area contributed by atoms with Crippen LogP contribution in [0.3, 0.4) is 0 Å². The van der Waals surface area contributed by atoms with Crippen LogP contribution in [0.4, 0.5) is 4.79 Å². The molecule has 58 valence electrons. The fourth-order valence-electron chi connectivity index (χ4n) is 1.27. The summed E-state index contributed by atoms with van der Waals surface area (Å²) in [4.78, 5) is 11.6. The molecule has 0 saturated carbocycles. The van der Waals surface area contributed by atoms with E-state index in [9.17, 15) is 4.79 Å². The molecule has 0 aromatic heterocycles. The van der Waals surface area contributed by atoms with Crippen LogP contribution in [0.2, 0.25) is 0 Å². The first-order chi connectivity index (χ1) is 4.61. The highest BCUT2D eigenvalue weighted by atomic mass is 16.4. The molecular formula is C6H11NO3. The molecule has 1 amide bonds. The van der Waals surface area contributed by atoms with Crippen molar-refractivity contribution in [3.05, 3.63) is 0 Å². The number of carboxylic acid groups (broad SMARTS) is 1. The molecule has 0 bridgehead atoms. The van der Waals surface area contributed by atoms with E-state index in [0.29, 0.717) is 6.42 Å². The lowest BCUT2D eigenvalue weighted by atomic mass is 10.2. The van der Waals surface area contributed by atoms with Crippen molar-refractivity contribution >= 4 is 6.09 Å². The van der Waals surface area contributed by atoms with Gasteiger partial charge in [-0.15, -0.1) is 0 Å². The first-order valence-corrected chi connectivity index (χ1v) is 3.29. The van der Waals surface area contributed by atoms with Crippen molar-refractivity contribution in [3.8, 4) is 0 Å². The lowest BCUT2D eigenvalue weighted by Crippen LogP contribution is -2.32. The van der Waals surface area contributed by atoms with Gasteiger partial charge in [0.05, 0.1) is 12.6 Å². The van der Waals surface area contributed by atoms with Gasteiger partial charge in [0.1, 0.15) is 0 Å². The maximum absolute atomic E-state index is 10.4. The van der Waals surface area contributed by atoms with Crippen LogP contribution in [-0.2, 0) is 0 Å². The second-order valence-corrected chi connectivity index (χ2v) is 2.67. The topological polar surface area (TPSA) is 60.8 Å². The lowest BCUT2D eigenvalue weighted by molar-refractivity contribution is 0.133. The molecule has 4 nitrogen and oxygen atoms in total. The SMILES string of the molecule is CC1C[C@@H](O)CN1C(=O)O.